The van der Waals surface area contributed by atoms with E-state index >= 15 is 0 Å². The zero-order valence-electron chi connectivity index (χ0n) is 12.0. The average molecular weight is 312 g/mol. The van der Waals surface area contributed by atoms with Crippen molar-refractivity contribution in [1.82, 2.24) is 10.6 Å². The lowest BCUT2D eigenvalue weighted by Crippen LogP contribution is -2.43. The average Bonchev–Trinajstić information content (AvgIpc) is 2.78. The first-order chi connectivity index (χ1) is 9.98. The first-order valence-corrected chi connectivity index (χ1v) is 8.68. The number of hydrogen-bond donors (Lipinski definition) is 2. The fourth-order valence-electron chi connectivity index (χ4n) is 2.29. The molecule has 1 aromatic rings. The molecule has 0 radical (unpaired) electrons. The zero-order valence-corrected chi connectivity index (χ0v) is 12.8. The molecular formula is C14H20N2O4S. The highest BCUT2D eigenvalue weighted by Gasteiger charge is 2.28. The van der Waals surface area contributed by atoms with Crippen LogP contribution in [0.2, 0.25) is 0 Å². The summed E-state index contributed by atoms with van der Waals surface area (Å²) in [7, 11) is -1.36. The molecule has 116 valence electrons. The molecule has 2 rings (SSSR count). The van der Waals surface area contributed by atoms with Gasteiger partial charge in [-0.15, -0.1) is 0 Å². The molecule has 1 saturated heterocycles. The molecule has 1 aliphatic heterocycles. The number of sulfone groups is 1. The summed E-state index contributed by atoms with van der Waals surface area (Å²) in [6.07, 6.45) is 1.18. The summed E-state index contributed by atoms with van der Waals surface area (Å²) in [5.41, 5.74) is 1.07. The largest absolute Gasteiger partial charge is 0.497 e. The number of urea groups is 1. The van der Waals surface area contributed by atoms with E-state index in [1.807, 2.05) is 24.3 Å². The molecular weight excluding hydrogens is 292 g/mol. The summed E-state index contributed by atoms with van der Waals surface area (Å²) < 4.78 is 27.7. The molecule has 1 atom stereocenters. The van der Waals surface area contributed by atoms with Gasteiger partial charge >= 0.3 is 6.03 Å². The number of benzene rings is 1. The van der Waals surface area contributed by atoms with Crippen LogP contribution < -0.4 is 15.4 Å². The Morgan fingerprint density at radius 1 is 1.43 bits per heavy atom. The van der Waals surface area contributed by atoms with Gasteiger partial charge in [0.2, 0.25) is 0 Å². The normalized spacial score (nSPS) is 20.0. The van der Waals surface area contributed by atoms with E-state index < -0.39 is 9.84 Å². The van der Waals surface area contributed by atoms with E-state index in [9.17, 15) is 13.2 Å². The summed E-state index contributed by atoms with van der Waals surface area (Å²) in [4.78, 5) is 11.7. The molecule has 2 N–H and O–H groups in total. The van der Waals surface area contributed by atoms with Crippen LogP contribution in [0.3, 0.4) is 0 Å². The number of hydrogen-bond acceptors (Lipinski definition) is 4. The second-order valence-electron chi connectivity index (χ2n) is 5.10. The Kier molecular flexibility index (Phi) is 5.06. The molecule has 0 aromatic heterocycles. The second-order valence-corrected chi connectivity index (χ2v) is 7.33. The van der Waals surface area contributed by atoms with Crippen LogP contribution in [0.25, 0.3) is 0 Å². The summed E-state index contributed by atoms with van der Waals surface area (Å²) in [6, 6.07) is 7.06. The summed E-state index contributed by atoms with van der Waals surface area (Å²) in [6.45, 7) is 0.485. The molecule has 1 heterocycles. The van der Waals surface area contributed by atoms with Crippen LogP contribution >= 0.6 is 0 Å². The number of nitrogens with one attached hydrogen (secondary N) is 2. The molecule has 0 saturated carbocycles. The van der Waals surface area contributed by atoms with E-state index in [1.165, 1.54) is 0 Å². The van der Waals surface area contributed by atoms with Crippen LogP contribution in [-0.2, 0) is 16.3 Å². The third-order valence-electron chi connectivity index (χ3n) is 3.40. The SMILES string of the molecule is COc1cccc(CCNC(=O)N[C@H]2CCS(=O)(=O)C2)c1. The lowest BCUT2D eigenvalue weighted by Gasteiger charge is -2.12. The van der Waals surface area contributed by atoms with Crippen molar-refractivity contribution in [1.29, 1.82) is 0 Å². The van der Waals surface area contributed by atoms with Gasteiger partial charge in [-0.3, -0.25) is 0 Å². The maximum atomic E-state index is 11.7. The van der Waals surface area contributed by atoms with E-state index in [1.54, 1.807) is 7.11 Å². The first-order valence-electron chi connectivity index (χ1n) is 6.86. The summed E-state index contributed by atoms with van der Waals surface area (Å²) >= 11 is 0. The van der Waals surface area contributed by atoms with Gasteiger partial charge in [0, 0.05) is 12.6 Å². The van der Waals surface area contributed by atoms with Gasteiger partial charge in [-0.1, -0.05) is 12.1 Å². The smallest absolute Gasteiger partial charge is 0.315 e. The topological polar surface area (TPSA) is 84.5 Å². The fraction of sp³-hybridized carbons (Fsp3) is 0.500. The van der Waals surface area contributed by atoms with Gasteiger partial charge in [0.05, 0.1) is 18.6 Å². The fourth-order valence-corrected chi connectivity index (χ4v) is 3.97. The van der Waals surface area contributed by atoms with Crippen molar-refractivity contribution >= 4 is 15.9 Å². The van der Waals surface area contributed by atoms with Crippen molar-refractivity contribution in [3.8, 4) is 5.75 Å². The number of amides is 2. The summed E-state index contributed by atoms with van der Waals surface area (Å²) in [5.74, 6) is 0.978. The van der Waals surface area contributed by atoms with Gasteiger partial charge in [-0.25, -0.2) is 13.2 Å². The monoisotopic (exact) mass is 312 g/mol. The minimum atomic E-state index is -2.97. The minimum Gasteiger partial charge on any atom is -0.497 e. The Morgan fingerprint density at radius 2 is 2.24 bits per heavy atom. The highest BCUT2D eigenvalue weighted by molar-refractivity contribution is 7.91. The van der Waals surface area contributed by atoms with Crippen molar-refractivity contribution in [3.63, 3.8) is 0 Å². The molecule has 1 fully saturated rings. The maximum Gasteiger partial charge on any atom is 0.315 e. The predicted octanol–water partition coefficient (Wildman–Crippen LogP) is 0.724. The number of methoxy groups -OCH3 is 1. The lowest BCUT2D eigenvalue weighted by atomic mass is 10.1. The van der Waals surface area contributed by atoms with Crippen LogP contribution in [0.4, 0.5) is 4.79 Å². The second kappa shape index (κ2) is 6.80. The third kappa shape index (κ3) is 4.93. The molecule has 0 bridgehead atoms. The van der Waals surface area contributed by atoms with Crippen molar-refractivity contribution in [2.45, 2.75) is 18.9 Å². The predicted molar refractivity (Wildman–Crippen MR) is 80.3 cm³/mol. The molecule has 0 spiro atoms. The van der Waals surface area contributed by atoms with E-state index in [-0.39, 0.29) is 23.6 Å². The number of carbonyl (C=O) groups is 1. The van der Waals surface area contributed by atoms with Crippen LogP contribution in [-0.4, -0.2) is 45.7 Å². The Morgan fingerprint density at radius 3 is 2.90 bits per heavy atom. The molecule has 7 heteroatoms. The van der Waals surface area contributed by atoms with Gasteiger partial charge in [0.25, 0.3) is 0 Å². The molecule has 21 heavy (non-hydrogen) atoms. The van der Waals surface area contributed by atoms with E-state index in [4.69, 9.17) is 4.74 Å². The van der Waals surface area contributed by atoms with E-state index in [0.717, 1.165) is 11.3 Å². The zero-order chi connectivity index (χ0) is 15.3. The van der Waals surface area contributed by atoms with Gasteiger partial charge in [0.1, 0.15) is 5.75 Å². The van der Waals surface area contributed by atoms with E-state index in [2.05, 4.69) is 10.6 Å². The van der Waals surface area contributed by atoms with Gasteiger partial charge < -0.3 is 15.4 Å². The van der Waals surface area contributed by atoms with Gasteiger partial charge in [0.15, 0.2) is 9.84 Å². The lowest BCUT2D eigenvalue weighted by molar-refractivity contribution is 0.238. The number of rotatable bonds is 5. The van der Waals surface area contributed by atoms with Crippen LogP contribution in [0.1, 0.15) is 12.0 Å². The van der Waals surface area contributed by atoms with Crippen LogP contribution in [0.5, 0.6) is 5.75 Å². The Bertz CT molecular complexity index is 601. The molecule has 0 aliphatic carbocycles. The molecule has 1 aliphatic rings. The molecule has 0 unspecified atom stereocenters. The quantitative estimate of drug-likeness (QED) is 0.839. The van der Waals surface area contributed by atoms with Gasteiger partial charge in [-0.2, -0.15) is 0 Å². The van der Waals surface area contributed by atoms with Crippen molar-refractivity contribution < 1.29 is 17.9 Å². The number of carbonyl (C=O) groups excluding carboxylic acids is 1. The third-order valence-corrected chi connectivity index (χ3v) is 5.17. The Balaban J connectivity index is 1.72. The molecule has 1 aromatic carbocycles. The number of ether oxygens (including phenoxy) is 1. The standard InChI is InChI=1S/C14H20N2O4S/c1-20-13-4-2-3-11(9-13)5-7-15-14(17)16-12-6-8-21(18,19)10-12/h2-4,9,12H,5-8,10H2,1H3,(H2,15,16,17)/t12-/m0/s1. The van der Waals surface area contributed by atoms with Crippen molar-refractivity contribution in [2.75, 3.05) is 25.2 Å². The Hall–Kier alpha value is -1.76. The highest BCUT2D eigenvalue weighted by atomic mass is 32.2. The maximum absolute atomic E-state index is 11.7. The highest BCUT2D eigenvalue weighted by Crippen LogP contribution is 2.13. The molecule has 6 nitrogen and oxygen atoms in total. The van der Waals surface area contributed by atoms with Crippen LogP contribution in [0, 0.1) is 0 Å². The molecule has 2 amide bonds. The Labute approximate surface area is 124 Å². The summed E-state index contributed by atoms with van der Waals surface area (Å²) in [5, 5.41) is 5.43. The van der Waals surface area contributed by atoms with Crippen LogP contribution in [0.15, 0.2) is 24.3 Å². The minimum absolute atomic E-state index is 0.0380. The first kappa shape index (κ1) is 15.6. The van der Waals surface area contributed by atoms with E-state index in [0.29, 0.717) is 19.4 Å². The van der Waals surface area contributed by atoms with Crippen molar-refractivity contribution in [3.05, 3.63) is 29.8 Å². The van der Waals surface area contributed by atoms with Gasteiger partial charge in [-0.05, 0) is 30.5 Å². The van der Waals surface area contributed by atoms with Crippen molar-refractivity contribution in [2.24, 2.45) is 0 Å².